The third-order valence-electron chi connectivity index (χ3n) is 3.74. The molecule has 0 spiro atoms. The number of nitrogens with zero attached hydrogens (tertiary/aromatic N) is 1. The first kappa shape index (κ1) is 14.5. The maximum absolute atomic E-state index is 11.9. The van der Waals surface area contributed by atoms with Crippen LogP contribution in [0.4, 0.5) is 0 Å². The Morgan fingerprint density at radius 2 is 2.00 bits per heavy atom. The molecule has 1 heterocycles. The molecule has 0 radical (unpaired) electrons. The van der Waals surface area contributed by atoms with Crippen LogP contribution in [0.5, 0.6) is 0 Å². The van der Waals surface area contributed by atoms with Gasteiger partial charge in [-0.25, -0.2) is 0 Å². The maximum Gasteiger partial charge on any atom is 0.248 e. The molecule has 0 aliphatic carbocycles. The molecule has 0 N–H and O–H groups in total. The van der Waals surface area contributed by atoms with Gasteiger partial charge in [-0.1, -0.05) is 20.8 Å². The van der Waals surface area contributed by atoms with Crippen LogP contribution in [0.15, 0.2) is 0 Å². The Labute approximate surface area is 106 Å². The van der Waals surface area contributed by atoms with Crippen molar-refractivity contribution in [3.05, 3.63) is 0 Å². The first-order valence-electron chi connectivity index (χ1n) is 6.80. The molecule has 1 saturated heterocycles. The van der Waals surface area contributed by atoms with Gasteiger partial charge in [-0.2, -0.15) is 0 Å². The third kappa shape index (κ3) is 4.66. The van der Waals surface area contributed by atoms with Crippen molar-refractivity contribution in [2.75, 3.05) is 26.3 Å². The van der Waals surface area contributed by atoms with E-state index < -0.39 is 0 Å². The van der Waals surface area contributed by atoms with E-state index in [9.17, 15) is 4.79 Å². The predicted molar refractivity (Wildman–Crippen MR) is 69.9 cm³/mol. The highest BCUT2D eigenvalue weighted by Gasteiger charge is 2.28. The van der Waals surface area contributed by atoms with Gasteiger partial charge in [0.25, 0.3) is 0 Å². The van der Waals surface area contributed by atoms with Gasteiger partial charge in [-0.3, -0.25) is 4.79 Å². The molecule has 17 heavy (non-hydrogen) atoms. The number of ether oxygens (including phenoxy) is 1. The quantitative estimate of drug-likeness (QED) is 0.760. The van der Waals surface area contributed by atoms with Gasteiger partial charge in [-0.15, -0.1) is 0 Å². The van der Waals surface area contributed by atoms with Gasteiger partial charge in [0, 0.05) is 19.7 Å². The van der Waals surface area contributed by atoms with Crippen LogP contribution in [0.25, 0.3) is 0 Å². The van der Waals surface area contributed by atoms with Crippen molar-refractivity contribution in [1.82, 2.24) is 4.90 Å². The standard InChI is InChI=1S/C14H27NO2/c1-5-17-11-13(16)15-9-6-7-12(8-10-15)14(2,3)4/h12H,5-11H2,1-4H3. The molecule has 1 unspecified atom stereocenters. The van der Waals surface area contributed by atoms with Crippen molar-refractivity contribution in [2.24, 2.45) is 11.3 Å². The molecule has 1 amide bonds. The van der Waals surface area contributed by atoms with Crippen molar-refractivity contribution >= 4 is 5.91 Å². The van der Waals surface area contributed by atoms with Gasteiger partial charge in [0.05, 0.1) is 0 Å². The van der Waals surface area contributed by atoms with Crippen LogP contribution in [0.2, 0.25) is 0 Å². The molecule has 0 aromatic heterocycles. The molecule has 0 aromatic carbocycles. The number of hydrogen-bond donors (Lipinski definition) is 0. The summed E-state index contributed by atoms with van der Waals surface area (Å²) in [5.41, 5.74) is 0.360. The number of carbonyl (C=O) groups is 1. The highest BCUT2D eigenvalue weighted by Crippen LogP contribution is 2.34. The van der Waals surface area contributed by atoms with E-state index in [0.717, 1.165) is 31.8 Å². The normalized spacial score (nSPS) is 22.4. The average Bonchev–Trinajstić information content (AvgIpc) is 2.50. The fraction of sp³-hybridized carbons (Fsp3) is 0.929. The number of carbonyl (C=O) groups excluding carboxylic acids is 1. The number of rotatable bonds is 3. The first-order chi connectivity index (χ1) is 7.95. The van der Waals surface area contributed by atoms with Crippen LogP contribution < -0.4 is 0 Å². The molecule has 1 atom stereocenters. The zero-order valence-corrected chi connectivity index (χ0v) is 11.8. The molecule has 0 saturated carbocycles. The molecular weight excluding hydrogens is 214 g/mol. The topological polar surface area (TPSA) is 29.5 Å². The smallest absolute Gasteiger partial charge is 0.248 e. The van der Waals surface area contributed by atoms with Gasteiger partial charge in [-0.05, 0) is 37.5 Å². The van der Waals surface area contributed by atoms with Crippen molar-refractivity contribution in [3.8, 4) is 0 Å². The van der Waals surface area contributed by atoms with E-state index in [1.54, 1.807) is 0 Å². The summed E-state index contributed by atoms with van der Waals surface area (Å²) in [5, 5.41) is 0. The van der Waals surface area contributed by atoms with E-state index in [4.69, 9.17) is 4.74 Å². The van der Waals surface area contributed by atoms with E-state index in [1.807, 2.05) is 11.8 Å². The van der Waals surface area contributed by atoms with Gasteiger partial charge >= 0.3 is 0 Å². The summed E-state index contributed by atoms with van der Waals surface area (Å²) in [6.07, 6.45) is 3.49. The lowest BCUT2D eigenvalue weighted by atomic mass is 9.77. The van der Waals surface area contributed by atoms with Crippen molar-refractivity contribution in [2.45, 2.75) is 47.0 Å². The Morgan fingerprint density at radius 1 is 1.29 bits per heavy atom. The maximum atomic E-state index is 11.9. The molecule has 1 fully saturated rings. The number of likely N-dealkylation sites (tertiary alicyclic amines) is 1. The lowest BCUT2D eigenvalue weighted by Crippen LogP contribution is -2.35. The van der Waals surface area contributed by atoms with Crippen LogP contribution in [0, 0.1) is 11.3 Å². The Hall–Kier alpha value is -0.570. The molecule has 3 nitrogen and oxygen atoms in total. The summed E-state index contributed by atoms with van der Waals surface area (Å²) in [6, 6.07) is 0. The Kier molecular flexibility index (Phi) is 5.44. The number of hydrogen-bond acceptors (Lipinski definition) is 2. The minimum Gasteiger partial charge on any atom is -0.372 e. The van der Waals surface area contributed by atoms with Gasteiger partial charge in [0.15, 0.2) is 0 Å². The second-order valence-electron chi connectivity index (χ2n) is 6.01. The summed E-state index contributed by atoms with van der Waals surface area (Å²) in [7, 11) is 0. The molecule has 100 valence electrons. The molecular formula is C14H27NO2. The average molecular weight is 241 g/mol. The van der Waals surface area contributed by atoms with E-state index >= 15 is 0 Å². The van der Waals surface area contributed by atoms with Crippen LogP contribution in [-0.4, -0.2) is 37.1 Å². The van der Waals surface area contributed by atoms with Crippen LogP contribution in [0.1, 0.15) is 47.0 Å². The minimum atomic E-state index is 0.154. The molecule has 3 heteroatoms. The van der Waals surface area contributed by atoms with Crippen molar-refractivity contribution < 1.29 is 9.53 Å². The highest BCUT2D eigenvalue weighted by molar-refractivity contribution is 5.77. The van der Waals surface area contributed by atoms with Gasteiger partial charge in [0.2, 0.25) is 5.91 Å². The molecule has 0 aromatic rings. The Bertz CT molecular complexity index is 245. The first-order valence-corrected chi connectivity index (χ1v) is 6.80. The predicted octanol–water partition coefficient (Wildman–Crippen LogP) is 2.70. The van der Waals surface area contributed by atoms with Gasteiger partial charge in [0.1, 0.15) is 6.61 Å². The number of amides is 1. The highest BCUT2D eigenvalue weighted by atomic mass is 16.5. The van der Waals surface area contributed by atoms with Gasteiger partial charge < -0.3 is 9.64 Å². The second kappa shape index (κ2) is 6.39. The third-order valence-corrected chi connectivity index (χ3v) is 3.74. The molecule has 1 aliphatic rings. The molecule has 0 bridgehead atoms. The zero-order chi connectivity index (χ0) is 12.9. The van der Waals surface area contributed by atoms with E-state index in [-0.39, 0.29) is 12.5 Å². The summed E-state index contributed by atoms with van der Waals surface area (Å²) in [5.74, 6) is 0.883. The largest absolute Gasteiger partial charge is 0.372 e. The second-order valence-corrected chi connectivity index (χ2v) is 6.01. The summed E-state index contributed by atoms with van der Waals surface area (Å²) >= 11 is 0. The lowest BCUT2D eigenvalue weighted by molar-refractivity contribution is -0.136. The Balaban J connectivity index is 2.45. The monoisotopic (exact) mass is 241 g/mol. The summed E-state index contributed by atoms with van der Waals surface area (Å²) < 4.78 is 5.19. The fourth-order valence-electron chi connectivity index (χ4n) is 2.49. The van der Waals surface area contributed by atoms with E-state index in [0.29, 0.717) is 12.0 Å². The van der Waals surface area contributed by atoms with Crippen molar-refractivity contribution in [1.29, 1.82) is 0 Å². The molecule has 1 rings (SSSR count). The summed E-state index contributed by atoms with van der Waals surface area (Å²) in [6.45, 7) is 11.5. The molecule has 1 aliphatic heterocycles. The lowest BCUT2D eigenvalue weighted by Gasteiger charge is -2.29. The van der Waals surface area contributed by atoms with Crippen LogP contribution in [0.3, 0.4) is 0 Å². The van der Waals surface area contributed by atoms with E-state index in [1.165, 1.54) is 6.42 Å². The Morgan fingerprint density at radius 3 is 2.59 bits per heavy atom. The van der Waals surface area contributed by atoms with Crippen LogP contribution in [-0.2, 0) is 9.53 Å². The SMILES string of the molecule is CCOCC(=O)N1CCCC(C(C)(C)C)CC1. The van der Waals surface area contributed by atoms with Crippen LogP contribution >= 0.6 is 0 Å². The van der Waals surface area contributed by atoms with E-state index in [2.05, 4.69) is 20.8 Å². The fourth-order valence-corrected chi connectivity index (χ4v) is 2.49. The van der Waals surface area contributed by atoms with Crippen molar-refractivity contribution in [3.63, 3.8) is 0 Å². The minimum absolute atomic E-state index is 0.154. The summed E-state index contributed by atoms with van der Waals surface area (Å²) in [4.78, 5) is 13.8. The zero-order valence-electron chi connectivity index (χ0n) is 11.8.